The molecule has 21 heavy (non-hydrogen) atoms. The van der Waals surface area contributed by atoms with E-state index >= 15 is 0 Å². The molecule has 0 aromatic carbocycles. The number of hydrogen-bond acceptors (Lipinski definition) is 4. The summed E-state index contributed by atoms with van der Waals surface area (Å²) in [5.74, 6) is 0.172. The molecule has 0 radical (unpaired) electrons. The van der Waals surface area contributed by atoms with Crippen molar-refractivity contribution in [2.45, 2.75) is 58.2 Å². The summed E-state index contributed by atoms with van der Waals surface area (Å²) in [6.45, 7) is 11.2. The molecule has 0 saturated carbocycles. The van der Waals surface area contributed by atoms with Gasteiger partial charge in [-0.15, -0.1) is 0 Å². The lowest BCUT2D eigenvalue weighted by atomic mass is 10.0. The second-order valence-corrected chi connectivity index (χ2v) is 10.0. The van der Waals surface area contributed by atoms with Crippen LogP contribution in [0.15, 0.2) is 0 Å². The average molecular weight is 318 g/mol. The second kappa shape index (κ2) is 7.09. The molecular formula is C15H30N2O3S. The largest absolute Gasteiger partial charge is 0.354 e. The quantitative estimate of drug-likeness (QED) is 0.805. The van der Waals surface area contributed by atoms with E-state index in [0.29, 0.717) is 0 Å². The minimum Gasteiger partial charge on any atom is -0.354 e. The Morgan fingerprint density at radius 3 is 2.14 bits per heavy atom. The summed E-state index contributed by atoms with van der Waals surface area (Å²) in [6.07, 6.45) is 2.27. The van der Waals surface area contributed by atoms with Gasteiger partial charge in [-0.05, 0) is 52.6 Å². The Labute approximate surface area is 129 Å². The van der Waals surface area contributed by atoms with Crippen LogP contribution in [0.5, 0.6) is 0 Å². The number of carbonyl (C=O) groups is 1. The fourth-order valence-electron chi connectivity index (χ4n) is 2.63. The number of amides is 1. The van der Waals surface area contributed by atoms with Gasteiger partial charge < -0.3 is 5.32 Å². The first-order valence-corrected chi connectivity index (χ1v) is 9.45. The van der Waals surface area contributed by atoms with E-state index in [1.807, 2.05) is 13.8 Å². The predicted molar refractivity (Wildman–Crippen MR) is 86.0 cm³/mol. The normalized spacial score (nSPS) is 19.0. The highest BCUT2D eigenvalue weighted by Crippen LogP contribution is 2.18. The summed E-state index contributed by atoms with van der Waals surface area (Å²) >= 11 is 0. The van der Waals surface area contributed by atoms with E-state index in [1.54, 1.807) is 20.8 Å². The van der Waals surface area contributed by atoms with Gasteiger partial charge in [-0.3, -0.25) is 9.69 Å². The van der Waals surface area contributed by atoms with Crippen LogP contribution in [0.3, 0.4) is 0 Å². The molecule has 0 bridgehead atoms. The van der Waals surface area contributed by atoms with Crippen molar-refractivity contribution >= 4 is 15.7 Å². The molecule has 1 aliphatic heterocycles. The van der Waals surface area contributed by atoms with Crippen molar-refractivity contribution in [1.82, 2.24) is 10.2 Å². The van der Waals surface area contributed by atoms with E-state index in [4.69, 9.17) is 0 Å². The third-order valence-electron chi connectivity index (χ3n) is 4.04. The van der Waals surface area contributed by atoms with Crippen LogP contribution in [-0.4, -0.2) is 55.4 Å². The molecule has 0 unspecified atom stereocenters. The van der Waals surface area contributed by atoms with Crippen LogP contribution >= 0.6 is 0 Å². The maximum Gasteiger partial charge on any atom is 0.237 e. The molecule has 1 atom stereocenters. The highest BCUT2D eigenvalue weighted by atomic mass is 32.2. The van der Waals surface area contributed by atoms with Crippen LogP contribution in [0.1, 0.15) is 47.5 Å². The second-order valence-electron chi connectivity index (χ2n) is 7.15. The highest BCUT2D eigenvalue weighted by Gasteiger charge is 2.32. The minimum absolute atomic E-state index is 0.00689. The third-order valence-corrected chi connectivity index (χ3v) is 6.64. The molecule has 1 aliphatic rings. The number of sulfone groups is 1. The van der Waals surface area contributed by atoms with Gasteiger partial charge in [0.1, 0.15) is 0 Å². The first kappa shape index (κ1) is 18.4. The molecule has 1 N–H and O–H groups in total. The predicted octanol–water partition coefficient (Wildman–Crippen LogP) is 1.44. The van der Waals surface area contributed by atoms with Gasteiger partial charge in [-0.1, -0.05) is 13.8 Å². The average Bonchev–Trinajstić information content (AvgIpc) is 2.80. The van der Waals surface area contributed by atoms with E-state index in [1.165, 1.54) is 0 Å². The van der Waals surface area contributed by atoms with Gasteiger partial charge in [0.25, 0.3) is 0 Å². The van der Waals surface area contributed by atoms with Crippen LogP contribution in [0.25, 0.3) is 0 Å². The Hall–Kier alpha value is -0.620. The number of carbonyl (C=O) groups excluding carboxylic acids is 1. The molecular weight excluding hydrogens is 288 g/mol. The van der Waals surface area contributed by atoms with Crippen LogP contribution in [0.4, 0.5) is 0 Å². The molecule has 1 heterocycles. The van der Waals surface area contributed by atoms with Gasteiger partial charge >= 0.3 is 0 Å². The smallest absolute Gasteiger partial charge is 0.237 e. The maximum absolute atomic E-state index is 12.4. The summed E-state index contributed by atoms with van der Waals surface area (Å²) in [5.41, 5.74) is 0. The van der Waals surface area contributed by atoms with Crippen molar-refractivity contribution in [3.63, 3.8) is 0 Å². The first-order valence-electron chi connectivity index (χ1n) is 7.80. The molecule has 5 nitrogen and oxygen atoms in total. The monoisotopic (exact) mass is 318 g/mol. The van der Waals surface area contributed by atoms with E-state index in [2.05, 4.69) is 10.2 Å². The number of likely N-dealkylation sites (tertiary alicyclic amines) is 1. The Kier molecular flexibility index (Phi) is 6.23. The van der Waals surface area contributed by atoms with Crippen LogP contribution in [-0.2, 0) is 14.6 Å². The molecule has 0 spiro atoms. The van der Waals surface area contributed by atoms with Crippen molar-refractivity contribution in [2.75, 3.05) is 25.4 Å². The number of hydrogen-bond donors (Lipinski definition) is 1. The van der Waals surface area contributed by atoms with E-state index in [9.17, 15) is 13.2 Å². The summed E-state index contributed by atoms with van der Waals surface area (Å²) in [4.78, 5) is 14.6. The molecule has 124 valence electrons. The van der Waals surface area contributed by atoms with Gasteiger partial charge in [0, 0.05) is 6.54 Å². The zero-order valence-electron chi connectivity index (χ0n) is 14.0. The van der Waals surface area contributed by atoms with Crippen LogP contribution in [0.2, 0.25) is 0 Å². The van der Waals surface area contributed by atoms with Gasteiger partial charge in [0.2, 0.25) is 5.91 Å². The lowest BCUT2D eigenvalue weighted by Gasteiger charge is -2.29. The Bertz CT molecular complexity index is 446. The van der Waals surface area contributed by atoms with Crippen LogP contribution < -0.4 is 5.32 Å². The molecule has 1 fully saturated rings. The van der Waals surface area contributed by atoms with Crippen molar-refractivity contribution in [1.29, 1.82) is 0 Å². The van der Waals surface area contributed by atoms with Gasteiger partial charge in [0.05, 0.1) is 16.5 Å². The Morgan fingerprint density at radius 1 is 1.19 bits per heavy atom. The zero-order chi connectivity index (χ0) is 16.3. The Morgan fingerprint density at radius 2 is 1.71 bits per heavy atom. The van der Waals surface area contributed by atoms with Crippen molar-refractivity contribution < 1.29 is 13.2 Å². The maximum atomic E-state index is 12.4. The van der Waals surface area contributed by atoms with Crippen molar-refractivity contribution in [3.8, 4) is 0 Å². The topological polar surface area (TPSA) is 66.5 Å². The lowest BCUT2D eigenvalue weighted by Crippen LogP contribution is -2.50. The number of rotatable bonds is 6. The molecule has 0 aliphatic carbocycles. The summed E-state index contributed by atoms with van der Waals surface area (Å²) < 4.78 is 23.3. The van der Waals surface area contributed by atoms with Crippen molar-refractivity contribution in [3.05, 3.63) is 0 Å². The molecule has 1 rings (SSSR count). The summed E-state index contributed by atoms with van der Waals surface area (Å²) in [6, 6.07) is -0.148. The highest BCUT2D eigenvalue weighted by molar-refractivity contribution is 7.92. The number of nitrogens with one attached hydrogen (secondary N) is 1. The molecule has 6 heteroatoms. The van der Waals surface area contributed by atoms with Gasteiger partial charge in [-0.25, -0.2) is 8.42 Å². The summed E-state index contributed by atoms with van der Waals surface area (Å²) in [7, 11) is -3.19. The van der Waals surface area contributed by atoms with Gasteiger partial charge in [0.15, 0.2) is 9.84 Å². The fourth-order valence-corrected chi connectivity index (χ4v) is 3.61. The van der Waals surface area contributed by atoms with Crippen LogP contribution in [0, 0.1) is 5.92 Å². The molecule has 0 aromatic heterocycles. The molecule has 1 amide bonds. The fraction of sp³-hybridized carbons (Fsp3) is 0.933. The van der Waals surface area contributed by atoms with E-state index in [0.717, 1.165) is 25.9 Å². The SMILES string of the molecule is CC(C)[C@H](C(=O)NCCS(=O)(=O)C(C)(C)C)N1CCCC1. The zero-order valence-corrected chi connectivity index (χ0v) is 14.8. The van der Waals surface area contributed by atoms with Gasteiger partial charge in [-0.2, -0.15) is 0 Å². The molecule has 1 saturated heterocycles. The van der Waals surface area contributed by atoms with E-state index < -0.39 is 14.6 Å². The standard InChI is InChI=1S/C15H30N2O3S/c1-12(2)13(17-9-6-7-10-17)14(18)16-8-11-21(19,20)15(3,4)5/h12-13H,6-11H2,1-5H3,(H,16,18)/t13-/m1/s1. The van der Waals surface area contributed by atoms with Crippen molar-refractivity contribution in [2.24, 2.45) is 5.92 Å². The Balaban J connectivity index is 2.55. The molecule has 0 aromatic rings. The van der Waals surface area contributed by atoms with E-state index in [-0.39, 0.29) is 30.2 Å². The first-order chi connectivity index (χ1) is 9.56. The summed E-state index contributed by atoms with van der Waals surface area (Å²) in [5, 5.41) is 2.81. The number of nitrogens with zero attached hydrogens (tertiary/aromatic N) is 1. The lowest BCUT2D eigenvalue weighted by molar-refractivity contribution is -0.127. The minimum atomic E-state index is -3.19. The third kappa shape index (κ3) is 4.95.